The smallest absolute Gasteiger partial charge is 0.313 e. The highest BCUT2D eigenvalue weighted by atomic mass is 79.9. The van der Waals surface area contributed by atoms with E-state index in [4.69, 9.17) is 5.11 Å². The van der Waals surface area contributed by atoms with Gasteiger partial charge in [-0.2, -0.15) is 0 Å². The highest BCUT2D eigenvalue weighted by Gasteiger charge is 2.35. The van der Waals surface area contributed by atoms with Gasteiger partial charge >= 0.3 is 5.69 Å². The molecule has 2 heterocycles. The van der Waals surface area contributed by atoms with Gasteiger partial charge in [0.25, 0.3) is 0 Å². The van der Waals surface area contributed by atoms with Crippen LogP contribution >= 0.6 is 15.9 Å². The fraction of sp³-hybridized carbons (Fsp3) is 0.455. The lowest BCUT2D eigenvalue weighted by molar-refractivity contribution is -0.384. The molecular weight excluding hydrogens is 318 g/mol. The summed E-state index contributed by atoms with van der Waals surface area (Å²) in [5, 5.41) is 20.1. The number of anilines is 1. The minimum Gasteiger partial charge on any atom is -0.396 e. The van der Waals surface area contributed by atoms with Crippen LogP contribution in [0.15, 0.2) is 10.5 Å². The summed E-state index contributed by atoms with van der Waals surface area (Å²) in [4.78, 5) is 27.8. The summed E-state index contributed by atoms with van der Waals surface area (Å²) in [6, 6.07) is 1.34. The normalized spacial score (nSPS) is 19.0. The van der Waals surface area contributed by atoms with Crippen LogP contribution in [0, 0.1) is 23.0 Å². The van der Waals surface area contributed by atoms with E-state index in [1.54, 1.807) is 6.92 Å². The van der Waals surface area contributed by atoms with Crippen molar-refractivity contribution in [3.8, 4) is 0 Å². The molecule has 102 valence electrons. The number of hydrogen-bond acceptors (Lipinski definition) is 5. The average molecular weight is 330 g/mol. The van der Waals surface area contributed by atoms with Crippen LogP contribution < -0.4 is 4.90 Å². The molecule has 8 heteroatoms. The summed E-state index contributed by atoms with van der Waals surface area (Å²) < 4.78 is 0.522. The molecule has 0 radical (unpaired) electrons. The topological polar surface area (TPSA) is 96.6 Å². The second-order valence-corrected chi connectivity index (χ2v) is 5.27. The van der Waals surface area contributed by atoms with Crippen LogP contribution in [0.1, 0.15) is 12.1 Å². The molecule has 1 amide bonds. The number of nitrogens with zero attached hydrogens (tertiary/aromatic N) is 3. The van der Waals surface area contributed by atoms with E-state index in [0.29, 0.717) is 10.2 Å². The Morgan fingerprint density at radius 3 is 2.89 bits per heavy atom. The minimum atomic E-state index is -0.563. The number of aliphatic hydroxyl groups is 1. The Bertz CT molecular complexity index is 549. The monoisotopic (exact) mass is 329 g/mol. The summed E-state index contributed by atoms with van der Waals surface area (Å²) in [5.74, 6) is -0.402. The summed E-state index contributed by atoms with van der Waals surface area (Å²) in [6.07, 6.45) is 0.185. The summed E-state index contributed by atoms with van der Waals surface area (Å²) in [6.45, 7) is 1.83. The number of rotatable bonds is 3. The van der Waals surface area contributed by atoms with Gasteiger partial charge in [0.15, 0.2) is 0 Å². The first kappa shape index (κ1) is 13.9. The largest absolute Gasteiger partial charge is 0.396 e. The predicted molar refractivity (Wildman–Crippen MR) is 70.9 cm³/mol. The molecule has 0 spiro atoms. The fourth-order valence-corrected chi connectivity index (χ4v) is 2.31. The van der Waals surface area contributed by atoms with Crippen LogP contribution in [-0.2, 0) is 4.79 Å². The molecule has 1 aliphatic heterocycles. The molecule has 1 N–H and O–H groups in total. The van der Waals surface area contributed by atoms with Crippen molar-refractivity contribution in [3.05, 3.63) is 26.3 Å². The zero-order valence-electron chi connectivity index (χ0n) is 10.2. The standard InChI is InChI=1S/C11H12BrN3O4/c1-6-8(12)3-9(15(18)19)11(13-6)14-4-7(5-16)2-10(14)17/h3,7,16H,2,4-5H2,1H3. The van der Waals surface area contributed by atoms with Crippen LogP contribution in [0.5, 0.6) is 0 Å². The van der Waals surface area contributed by atoms with Crippen LogP contribution in [0.4, 0.5) is 11.5 Å². The number of halogens is 1. The summed E-state index contributed by atoms with van der Waals surface area (Å²) in [5.41, 5.74) is 0.352. The number of hydrogen-bond donors (Lipinski definition) is 1. The van der Waals surface area contributed by atoms with Gasteiger partial charge in [-0.25, -0.2) is 4.98 Å². The van der Waals surface area contributed by atoms with Gasteiger partial charge in [0.2, 0.25) is 11.7 Å². The number of carbonyl (C=O) groups is 1. The van der Waals surface area contributed by atoms with E-state index >= 15 is 0 Å². The van der Waals surface area contributed by atoms with E-state index in [1.807, 2.05) is 0 Å². The summed E-state index contributed by atoms with van der Waals surface area (Å²) in [7, 11) is 0. The van der Waals surface area contributed by atoms with Crippen molar-refractivity contribution in [1.82, 2.24) is 4.98 Å². The van der Waals surface area contributed by atoms with E-state index in [9.17, 15) is 14.9 Å². The third kappa shape index (κ3) is 2.59. The second kappa shape index (κ2) is 5.22. The van der Waals surface area contributed by atoms with Crippen molar-refractivity contribution in [3.63, 3.8) is 0 Å². The first-order chi connectivity index (χ1) is 8.93. The van der Waals surface area contributed by atoms with Gasteiger partial charge in [0, 0.05) is 36.0 Å². The number of amides is 1. The van der Waals surface area contributed by atoms with E-state index in [-0.39, 0.29) is 42.9 Å². The van der Waals surface area contributed by atoms with Gasteiger partial charge in [-0.15, -0.1) is 0 Å². The van der Waals surface area contributed by atoms with Gasteiger partial charge in [-0.3, -0.25) is 19.8 Å². The third-order valence-electron chi connectivity index (χ3n) is 3.03. The van der Waals surface area contributed by atoms with E-state index in [2.05, 4.69) is 20.9 Å². The lowest BCUT2D eigenvalue weighted by atomic mass is 10.1. The first-order valence-electron chi connectivity index (χ1n) is 5.66. The highest BCUT2D eigenvalue weighted by molar-refractivity contribution is 9.10. The molecule has 1 atom stereocenters. The number of aliphatic hydroxyl groups excluding tert-OH is 1. The van der Waals surface area contributed by atoms with Crippen LogP contribution in [0.25, 0.3) is 0 Å². The maximum absolute atomic E-state index is 11.9. The van der Waals surface area contributed by atoms with Gasteiger partial charge in [0.05, 0.1) is 10.6 Å². The van der Waals surface area contributed by atoms with Gasteiger partial charge < -0.3 is 5.11 Å². The number of carbonyl (C=O) groups excluding carboxylic acids is 1. The zero-order chi connectivity index (χ0) is 14.2. The molecule has 0 bridgehead atoms. The lowest BCUT2D eigenvalue weighted by Gasteiger charge is -2.16. The van der Waals surface area contributed by atoms with Crippen molar-refractivity contribution in [1.29, 1.82) is 0 Å². The molecule has 19 heavy (non-hydrogen) atoms. The van der Waals surface area contributed by atoms with Gasteiger partial charge in [-0.1, -0.05) is 0 Å². The molecule has 0 saturated carbocycles. The zero-order valence-corrected chi connectivity index (χ0v) is 11.8. The number of pyridine rings is 1. The number of nitro groups is 1. The van der Waals surface area contributed by atoms with Crippen LogP contribution in [0.3, 0.4) is 0 Å². The molecule has 1 fully saturated rings. The number of aryl methyl sites for hydroxylation is 1. The Morgan fingerprint density at radius 2 is 2.37 bits per heavy atom. The van der Waals surface area contributed by atoms with Crippen molar-refractivity contribution in [2.75, 3.05) is 18.1 Å². The summed E-state index contributed by atoms with van der Waals surface area (Å²) >= 11 is 3.19. The van der Waals surface area contributed by atoms with Crippen molar-refractivity contribution < 1.29 is 14.8 Å². The predicted octanol–water partition coefficient (Wildman–Crippen LogP) is 1.41. The van der Waals surface area contributed by atoms with Crippen LogP contribution in [0.2, 0.25) is 0 Å². The quantitative estimate of drug-likeness (QED) is 0.668. The molecule has 1 saturated heterocycles. The minimum absolute atomic E-state index is 0.0478. The molecule has 1 aliphatic rings. The second-order valence-electron chi connectivity index (χ2n) is 4.41. The Morgan fingerprint density at radius 1 is 1.68 bits per heavy atom. The Balaban J connectivity index is 2.47. The molecule has 0 aromatic carbocycles. The molecule has 1 unspecified atom stereocenters. The fourth-order valence-electron chi connectivity index (χ4n) is 2.00. The molecule has 1 aromatic heterocycles. The van der Waals surface area contributed by atoms with Gasteiger partial charge in [-0.05, 0) is 22.9 Å². The average Bonchev–Trinajstić information content (AvgIpc) is 2.73. The maximum atomic E-state index is 11.9. The van der Waals surface area contributed by atoms with E-state index in [0.717, 1.165) is 0 Å². The lowest BCUT2D eigenvalue weighted by Crippen LogP contribution is -2.27. The Labute approximate surface area is 117 Å². The van der Waals surface area contributed by atoms with Gasteiger partial charge in [0.1, 0.15) is 0 Å². The highest BCUT2D eigenvalue weighted by Crippen LogP contribution is 2.34. The first-order valence-corrected chi connectivity index (χ1v) is 6.46. The maximum Gasteiger partial charge on any atom is 0.313 e. The SMILES string of the molecule is Cc1nc(N2CC(CO)CC2=O)c([N+](=O)[O-])cc1Br. The molecular formula is C11H12BrN3O4. The van der Waals surface area contributed by atoms with Crippen molar-refractivity contribution in [2.45, 2.75) is 13.3 Å². The van der Waals surface area contributed by atoms with Crippen LogP contribution in [-0.4, -0.2) is 34.1 Å². The molecule has 0 aliphatic carbocycles. The molecule has 2 rings (SSSR count). The van der Waals surface area contributed by atoms with Crippen molar-refractivity contribution >= 4 is 33.3 Å². The van der Waals surface area contributed by atoms with E-state index < -0.39 is 4.92 Å². The third-order valence-corrected chi connectivity index (χ3v) is 3.83. The molecule has 1 aromatic rings. The Kier molecular flexibility index (Phi) is 3.81. The van der Waals surface area contributed by atoms with Crippen molar-refractivity contribution in [2.24, 2.45) is 5.92 Å². The molecule has 7 nitrogen and oxygen atoms in total. The Hall–Kier alpha value is -1.54. The van der Waals surface area contributed by atoms with E-state index in [1.165, 1.54) is 11.0 Å². The number of aromatic nitrogens is 1.